The maximum Gasteiger partial charge on any atom is 0.163 e. The number of fused-ring (bicyclic) bond motifs is 1. The average molecular weight is 266 g/mol. The van der Waals surface area contributed by atoms with Crippen LogP contribution in [0.1, 0.15) is 6.92 Å². The molecule has 0 bridgehead atoms. The largest absolute Gasteiger partial charge is 0.486 e. The van der Waals surface area contributed by atoms with E-state index < -0.39 is 0 Å². The number of hydrogen-bond donors (Lipinski definition) is 1. The van der Waals surface area contributed by atoms with Crippen LogP contribution in [0.5, 0.6) is 11.5 Å². The smallest absolute Gasteiger partial charge is 0.163 e. The zero-order valence-electron chi connectivity index (χ0n) is 10.5. The standard InChI is InChI=1S/C13H18N2O2S/c1-9-8-18-5-2-15(9)11-7-13-12(6-10(11)14)16-3-4-17-13/h6-7,9H,2-5,8,14H2,1H3. The van der Waals surface area contributed by atoms with Crippen molar-refractivity contribution in [2.75, 3.05) is 41.9 Å². The maximum absolute atomic E-state index is 6.15. The first-order valence-electron chi connectivity index (χ1n) is 6.29. The fraction of sp³-hybridized carbons (Fsp3) is 0.538. The second-order valence-electron chi connectivity index (χ2n) is 4.67. The molecule has 1 saturated heterocycles. The predicted octanol–water partition coefficient (Wildman–Crippen LogP) is 1.98. The van der Waals surface area contributed by atoms with Crippen molar-refractivity contribution in [1.82, 2.24) is 0 Å². The van der Waals surface area contributed by atoms with Crippen molar-refractivity contribution in [3.63, 3.8) is 0 Å². The zero-order chi connectivity index (χ0) is 12.5. The molecule has 1 atom stereocenters. The Morgan fingerprint density at radius 3 is 2.72 bits per heavy atom. The molecule has 0 saturated carbocycles. The van der Waals surface area contributed by atoms with Gasteiger partial charge in [0, 0.05) is 36.2 Å². The Morgan fingerprint density at radius 2 is 2.00 bits per heavy atom. The zero-order valence-corrected chi connectivity index (χ0v) is 11.3. The summed E-state index contributed by atoms with van der Waals surface area (Å²) in [4.78, 5) is 2.37. The summed E-state index contributed by atoms with van der Waals surface area (Å²) in [6, 6.07) is 4.42. The molecule has 98 valence electrons. The molecule has 2 aliphatic heterocycles. The number of rotatable bonds is 1. The van der Waals surface area contributed by atoms with Crippen molar-refractivity contribution in [2.45, 2.75) is 13.0 Å². The molecule has 1 aromatic rings. The predicted molar refractivity (Wildman–Crippen MR) is 76.0 cm³/mol. The molecular formula is C13H18N2O2S. The molecule has 2 aliphatic rings. The van der Waals surface area contributed by atoms with E-state index in [1.54, 1.807) is 0 Å². The Labute approximate surface area is 111 Å². The van der Waals surface area contributed by atoms with Crippen molar-refractivity contribution in [1.29, 1.82) is 0 Å². The maximum atomic E-state index is 6.15. The second-order valence-corrected chi connectivity index (χ2v) is 5.82. The lowest BCUT2D eigenvalue weighted by atomic mass is 10.1. The van der Waals surface area contributed by atoms with Crippen LogP contribution in [-0.2, 0) is 0 Å². The molecule has 1 fully saturated rings. The van der Waals surface area contributed by atoms with Crippen LogP contribution in [0.3, 0.4) is 0 Å². The van der Waals surface area contributed by atoms with E-state index in [-0.39, 0.29) is 0 Å². The minimum Gasteiger partial charge on any atom is -0.486 e. The molecule has 0 aromatic heterocycles. The molecule has 1 unspecified atom stereocenters. The first kappa shape index (κ1) is 11.8. The number of anilines is 2. The molecule has 18 heavy (non-hydrogen) atoms. The summed E-state index contributed by atoms with van der Waals surface area (Å²) in [5.41, 5.74) is 8.01. The Morgan fingerprint density at radius 1 is 1.28 bits per heavy atom. The van der Waals surface area contributed by atoms with Gasteiger partial charge in [0.15, 0.2) is 11.5 Å². The minimum absolute atomic E-state index is 0.508. The summed E-state index contributed by atoms with van der Waals surface area (Å²) in [5.74, 6) is 3.88. The molecule has 1 aromatic carbocycles. The number of nitrogens with two attached hydrogens (primary N) is 1. The Hall–Kier alpha value is -1.23. The van der Waals surface area contributed by atoms with Crippen molar-refractivity contribution in [3.8, 4) is 11.5 Å². The highest BCUT2D eigenvalue weighted by molar-refractivity contribution is 7.99. The van der Waals surface area contributed by atoms with Gasteiger partial charge in [0.05, 0.1) is 11.4 Å². The van der Waals surface area contributed by atoms with Crippen LogP contribution in [0.15, 0.2) is 12.1 Å². The lowest BCUT2D eigenvalue weighted by Crippen LogP contribution is -2.40. The van der Waals surface area contributed by atoms with Crippen LogP contribution < -0.4 is 20.1 Å². The van der Waals surface area contributed by atoms with Crippen LogP contribution in [0.25, 0.3) is 0 Å². The average Bonchev–Trinajstić information content (AvgIpc) is 2.39. The molecule has 2 heterocycles. The number of thioether (sulfide) groups is 1. The highest BCUT2D eigenvalue weighted by Crippen LogP contribution is 2.40. The quantitative estimate of drug-likeness (QED) is 0.788. The molecule has 0 radical (unpaired) electrons. The minimum atomic E-state index is 0.508. The van der Waals surface area contributed by atoms with Gasteiger partial charge in [0.2, 0.25) is 0 Å². The molecule has 0 aliphatic carbocycles. The molecule has 4 nitrogen and oxygen atoms in total. The second kappa shape index (κ2) is 4.80. The molecule has 0 amide bonds. The number of nitrogen functional groups attached to an aromatic ring is 1. The van der Waals surface area contributed by atoms with E-state index in [2.05, 4.69) is 11.8 Å². The van der Waals surface area contributed by atoms with Gasteiger partial charge in [-0.1, -0.05) is 0 Å². The summed E-state index contributed by atoms with van der Waals surface area (Å²) in [6.07, 6.45) is 0. The number of ether oxygens (including phenoxy) is 2. The summed E-state index contributed by atoms with van der Waals surface area (Å²) >= 11 is 2.00. The Kier molecular flexibility index (Phi) is 3.16. The van der Waals surface area contributed by atoms with Crippen LogP contribution in [0, 0.1) is 0 Å². The normalized spacial score (nSPS) is 22.9. The number of nitrogens with zero attached hydrogens (tertiary/aromatic N) is 1. The van der Waals surface area contributed by atoms with Crippen molar-refractivity contribution >= 4 is 23.1 Å². The highest BCUT2D eigenvalue weighted by Gasteiger charge is 2.23. The van der Waals surface area contributed by atoms with Gasteiger partial charge in [-0.25, -0.2) is 0 Å². The fourth-order valence-corrected chi connectivity index (χ4v) is 3.44. The lowest BCUT2D eigenvalue weighted by Gasteiger charge is -2.36. The van der Waals surface area contributed by atoms with E-state index >= 15 is 0 Å². The van der Waals surface area contributed by atoms with E-state index in [4.69, 9.17) is 15.2 Å². The van der Waals surface area contributed by atoms with E-state index in [0.717, 1.165) is 40.9 Å². The molecular weight excluding hydrogens is 248 g/mol. The third-order valence-corrected chi connectivity index (χ3v) is 4.56. The Balaban J connectivity index is 1.95. The van der Waals surface area contributed by atoms with E-state index in [0.29, 0.717) is 19.3 Å². The molecule has 0 spiro atoms. The number of benzene rings is 1. The van der Waals surface area contributed by atoms with Gasteiger partial charge >= 0.3 is 0 Å². The molecule has 5 heteroatoms. The van der Waals surface area contributed by atoms with E-state index in [1.807, 2.05) is 23.9 Å². The first-order valence-corrected chi connectivity index (χ1v) is 7.44. The summed E-state index contributed by atoms with van der Waals surface area (Å²) in [6.45, 7) is 4.49. The van der Waals surface area contributed by atoms with Crippen LogP contribution in [-0.4, -0.2) is 37.3 Å². The third-order valence-electron chi connectivity index (χ3n) is 3.37. The topological polar surface area (TPSA) is 47.7 Å². The van der Waals surface area contributed by atoms with Gasteiger partial charge in [-0.15, -0.1) is 0 Å². The van der Waals surface area contributed by atoms with Gasteiger partial charge in [-0.05, 0) is 6.92 Å². The SMILES string of the molecule is CC1CSCCN1c1cc2c(cc1N)OCCO2. The third kappa shape index (κ3) is 2.07. The lowest BCUT2D eigenvalue weighted by molar-refractivity contribution is 0.172. The van der Waals surface area contributed by atoms with Crippen molar-refractivity contribution in [3.05, 3.63) is 12.1 Å². The highest BCUT2D eigenvalue weighted by atomic mass is 32.2. The monoisotopic (exact) mass is 266 g/mol. The van der Waals surface area contributed by atoms with E-state index in [1.165, 1.54) is 0 Å². The van der Waals surface area contributed by atoms with Gasteiger partial charge in [0.1, 0.15) is 13.2 Å². The van der Waals surface area contributed by atoms with Crippen LogP contribution in [0.2, 0.25) is 0 Å². The fourth-order valence-electron chi connectivity index (χ4n) is 2.43. The van der Waals surface area contributed by atoms with Crippen LogP contribution in [0.4, 0.5) is 11.4 Å². The molecule has 2 N–H and O–H groups in total. The summed E-state index contributed by atoms with van der Waals surface area (Å²) < 4.78 is 11.2. The summed E-state index contributed by atoms with van der Waals surface area (Å²) in [7, 11) is 0. The van der Waals surface area contributed by atoms with Crippen molar-refractivity contribution in [2.24, 2.45) is 0 Å². The first-order chi connectivity index (χ1) is 8.75. The van der Waals surface area contributed by atoms with E-state index in [9.17, 15) is 0 Å². The molecule has 3 rings (SSSR count). The van der Waals surface area contributed by atoms with Gasteiger partial charge in [0.25, 0.3) is 0 Å². The summed E-state index contributed by atoms with van der Waals surface area (Å²) in [5, 5.41) is 0. The Bertz CT molecular complexity index is 453. The van der Waals surface area contributed by atoms with Crippen molar-refractivity contribution < 1.29 is 9.47 Å². The van der Waals surface area contributed by atoms with Gasteiger partial charge < -0.3 is 20.1 Å². The van der Waals surface area contributed by atoms with Crippen LogP contribution >= 0.6 is 11.8 Å². The van der Waals surface area contributed by atoms with Gasteiger partial charge in [-0.2, -0.15) is 11.8 Å². The van der Waals surface area contributed by atoms with Gasteiger partial charge in [-0.3, -0.25) is 0 Å². The number of hydrogen-bond acceptors (Lipinski definition) is 5.